The van der Waals surface area contributed by atoms with Crippen LogP contribution >= 0.6 is 0 Å². The van der Waals surface area contributed by atoms with Gasteiger partial charge in [-0.1, -0.05) is 6.92 Å². The van der Waals surface area contributed by atoms with Gasteiger partial charge in [0.15, 0.2) is 0 Å². The minimum absolute atomic E-state index is 0.300. The highest BCUT2D eigenvalue weighted by Crippen LogP contribution is 2.19. The molecule has 0 amide bonds. The lowest BCUT2D eigenvalue weighted by atomic mass is 9.95. The van der Waals surface area contributed by atoms with Crippen LogP contribution < -0.4 is 5.73 Å². The molecule has 0 aromatic carbocycles. The van der Waals surface area contributed by atoms with Crippen molar-refractivity contribution in [3.8, 4) is 0 Å². The molecule has 3 nitrogen and oxygen atoms in total. The quantitative estimate of drug-likeness (QED) is 0.685. The van der Waals surface area contributed by atoms with Gasteiger partial charge in [0.2, 0.25) is 0 Å². The van der Waals surface area contributed by atoms with Crippen LogP contribution in [0.1, 0.15) is 19.8 Å². The van der Waals surface area contributed by atoms with E-state index in [1.807, 2.05) is 0 Å². The van der Waals surface area contributed by atoms with E-state index < -0.39 is 0 Å². The molecule has 3 unspecified atom stereocenters. The molecule has 3 atom stereocenters. The van der Waals surface area contributed by atoms with Crippen LogP contribution in [0.15, 0.2) is 0 Å². The van der Waals surface area contributed by atoms with Crippen LogP contribution in [0.2, 0.25) is 0 Å². The summed E-state index contributed by atoms with van der Waals surface area (Å²) in [7, 11) is 1.72. The highest BCUT2D eigenvalue weighted by molar-refractivity contribution is 4.77. The van der Waals surface area contributed by atoms with Crippen LogP contribution in [0.5, 0.6) is 0 Å². The Labute approximate surface area is 74.2 Å². The normalized spacial score (nSPS) is 33.2. The van der Waals surface area contributed by atoms with Crippen molar-refractivity contribution in [1.29, 1.82) is 0 Å². The topological polar surface area (TPSA) is 44.5 Å². The first-order chi connectivity index (χ1) is 5.74. The molecule has 0 radical (unpaired) electrons. The number of hydrogen-bond donors (Lipinski definition) is 1. The van der Waals surface area contributed by atoms with E-state index in [4.69, 9.17) is 15.2 Å². The van der Waals surface area contributed by atoms with Gasteiger partial charge >= 0.3 is 0 Å². The summed E-state index contributed by atoms with van der Waals surface area (Å²) in [5.41, 5.74) is 5.84. The average molecular weight is 173 g/mol. The van der Waals surface area contributed by atoms with Gasteiger partial charge in [0.05, 0.1) is 12.7 Å². The zero-order valence-electron chi connectivity index (χ0n) is 7.95. The third-order valence-electron chi connectivity index (χ3n) is 2.42. The minimum atomic E-state index is 0.300. The van der Waals surface area contributed by atoms with E-state index in [1.165, 1.54) is 0 Å². The second-order valence-electron chi connectivity index (χ2n) is 3.63. The van der Waals surface area contributed by atoms with Crippen LogP contribution in [0.25, 0.3) is 0 Å². The Bertz CT molecular complexity index is 130. The SMILES string of the molecule is COCC(C)C1CC(N)CCO1. The Kier molecular flexibility index (Phi) is 3.98. The van der Waals surface area contributed by atoms with Crippen molar-refractivity contribution < 1.29 is 9.47 Å². The van der Waals surface area contributed by atoms with Gasteiger partial charge in [-0.3, -0.25) is 0 Å². The van der Waals surface area contributed by atoms with E-state index in [0.29, 0.717) is 18.1 Å². The van der Waals surface area contributed by atoms with Crippen molar-refractivity contribution in [2.24, 2.45) is 11.7 Å². The van der Waals surface area contributed by atoms with Crippen LogP contribution in [-0.2, 0) is 9.47 Å². The van der Waals surface area contributed by atoms with Crippen molar-refractivity contribution in [3.05, 3.63) is 0 Å². The molecule has 0 spiro atoms. The van der Waals surface area contributed by atoms with Crippen LogP contribution in [0.3, 0.4) is 0 Å². The van der Waals surface area contributed by atoms with E-state index in [1.54, 1.807) is 7.11 Å². The van der Waals surface area contributed by atoms with Gasteiger partial charge in [0.25, 0.3) is 0 Å². The van der Waals surface area contributed by atoms with Crippen molar-refractivity contribution in [2.45, 2.75) is 31.9 Å². The zero-order valence-corrected chi connectivity index (χ0v) is 7.95. The number of rotatable bonds is 3. The predicted molar refractivity (Wildman–Crippen MR) is 48.0 cm³/mol. The first-order valence-electron chi connectivity index (χ1n) is 4.60. The fourth-order valence-corrected chi connectivity index (χ4v) is 1.62. The molecule has 1 rings (SSSR count). The molecule has 3 heteroatoms. The molecule has 1 aliphatic heterocycles. The van der Waals surface area contributed by atoms with Crippen molar-refractivity contribution in [2.75, 3.05) is 20.3 Å². The number of ether oxygens (including phenoxy) is 2. The second-order valence-corrected chi connectivity index (χ2v) is 3.63. The van der Waals surface area contributed by atoms with Crippen LogP contribution in [-0.4, -0.2) is 32.5 Å². The highest BCUT2D eigenvalue weighted by Gasteiger charge is 2.24. The van der Waals surface area contributed by atoms with Crippen molar-refractivity contribution >= 4 is 0 Å². The lowest BCUT2D eigenvalue weighted by Crippen LogP contribution is -2.39. The maximum absolute atomic E-state index is 5.84. The molecule has 0 aliphatic carbocycles. The van der Waals surface area contributed by atoms with E-state index in [-0.39, 0.29) is 0 Å². The van der Waals surface area contributed by atoms with Gasteiger partial charge in [-0.15, -0.1) is 0 Å². The molecule has 1 aliphatic rings. The third-order valence-corrected chi connectivity index (χ3v) is 2.42. The first kappa shape index (κ1) is 9.96. The van der Waals surface area contributed by atoms with Gasteiger partial charge in [0, 0.05) is 25.7 Å². The predicted octanol–water partition coefficient (Wildman–Crippen LogP) is 0.775. The maximum atomic E-state index is 5.84. The summed E-state index contributed by atoms with van der Waals surface area (Å²) in [6, 6.07) is 0.322. The van der Waals surface area contributed by atoms with Gasteiger partial charge in [-0.25, -0.2) is 0 Å². The number of nitrogens with two attached hydrogens (primary N) is 1. The molecular weight excluding hydrogens is 154 g/mol. The zero-order chi connectivity index (χ0) is 8.97. The molecule has 1 heterocycles. The summed E-state index contributed by atoms with van der Waals surface area (Å²) in [6.07, 6.45) is 2.27. The molecule has 0 saturated carbocycles. The summed E-state index contributed by atoms with van der Waals surface area (Å²) >= 11 is 0. The summed E-state index contributed by atoms with van der Waals surface area (Å²) < 4.78 is 10.7. The molecule has 0 bridgehead atoms. The van der Waals surface area contributed by atoms with Gasteiger partial charge < -0.3 is 15.2 Å². The molecule has 0 aromatic heterocycles. The molecule has 0 aromatic rings. The lowest BCUT2D eigenvalue weighted by molar-refractivity contribution is -0.0413. The van der Waals surface area contributed by atoms with E-state index in [9.17, 15) is 0 Å². The lowest BCUT2D eigenvalue weighted by Gasteiger charge is -2.31. The summed E-state index contributed by atoms with van der Waals surface area (Å²) in [6.45, 7) is 3.71. The fourth-order valence-electron chi connectivity index (χ4n) is 1.62. The number of hydrogen-bond acceptors (Lipinski definition) is 3. The van der Waals surface area contributed by atoms with Crippen LogP contribution in [0, 0.1) is 5.92 Å². The van der Waals surface area contributed by atoms with Crippen molar-refractivity contribution in [3.63, 3.8) is 0 Å². The molecule has 72 valence electrons. The average Bonchev–Trinajstić information content (AvgIpc) is 2.05. The Hall–Kier alpha value is -0.120. The smallest absolute Gasteiger partial charge is 0.0637 e. The summed E-state index contributed by atoms with van der Waals surface area (Å²) in [4.78, 5) is 0. The Morgan fingerprint density at radius 2 is 2.42 bits per heavy atom. The largest absolute Gasteiger partial charge is 0.384 e. The third kappa shape index (κ3) is 2.73. The summed E-state index contributed by atoms with van der Waals surface area (Å²) in [5.74, 6) is 0.460. The maximum Gasteiger partial charge on any atom is 0.0637 e. The van der Waals surface area contributed by atoms with Crippen molar-refractivity contribution in [1.82, 2.24) is 0 Å². The first-order valence-corrected chi connectivity index (χ1v) is 4.60. The Morgan fingerprint density at radius 3 is 3.00 bits per heavy atom. The Morgan fingerprint density at radius 1 is 1.67 bits per heavy atom. The molecule has 1 saturated heterocycles. The number of methoxy groups -OCH3 is 1. The van der Waals surface area contributed by atoms with Gasteiger partial charge in [0.1, 0.15) is 0 Å². The van der Waals surface area contributed by atoms with Gasteiger partial charge in [-0.05, 0) is 12.8 Å². The van der Waals surface area contributed by atoms with E-state index in [0.717, 1.165) is 26.1 Å². The summed E-state index contributed by atoms with van der Waals surface area (Å²) in [5, 5.41) is 0. The highest BCUT2D eigenvalue weighted by atomic mass is 16.5. The van der Waals surface area contributed by atoms with E-state index >= 15 is 0 Å². The molecule has 12 heavy (non-hydrogen) atoms. The molecule has 1 fully saturated rings. The second kappa shape index (κ2) is 4.80. The molecular formula is C9H19NO2. The van der Waals surface area contributed by atoms with Gasteiger partial charge in [-0.2, -0.15) is 0 Å². The monoisotopic (exact) mass is 173 g/mol. The minimum Gasteiger partial charge on any atom is -0.384 e. The van der Waals surface area contributed by atoms with E-state index in [2.05, 4.69) is 6.92 Å². The Balaban J connectivity index is 2.29. The standard InChI is InChI=1S/C9H19NO2/c1-7(6-11-2)9-5-8(10)3-4-12-9/h7-9H,3-6,10H2,1-2H3. The fraction of sp³-hybridized carbons (Fsp3) is 1.00. The molecule has 2 N–H and O–H groups in total. The van der Waals surface area contributed by atoms with Crippen LogP contribution in [0.4, 0.5) is 0 Å².